The molecule has 0 spiro atoms. The predicted molar refractivity (Wildman–Crippen MR) is 79.6 cm³/mol. The standard InChI is InChI=1S/C14H16N4S/c1-9(2)13-6-16-14(19-13)7-15-10-3-4-11-12(5-10)18-8-17-11/h3-6,8-9,15H,7H2,1-2H3,(H,17,18). The number of aromatic amines is 1. The van der Waals surface area contributed by atoms with Crippen LogP contribution in [0.5, 0.6) is 0 Å². The van der Waals surface area contributed by atoms with Gasteiger partial charge in [0.2, 0.25) is 0 Å². The lowest BCUT2D eigenvalue weighted by Gasteiger charge is -2.04. The van der Waals surface area contributed by atoms with Crippen molar-refractivity contribution in [3.05, 3.63) is 40.6 Å². The summed E-state index contributed by atoms with van der Waals surface area (Å²) in [5.41, 5.74) is 3.12. The number of rotatable bonds is 4. The number of imidazole rings is 1. The molecule has 98 valence electrons. The Morgan fingerprint density at radius 2 is 2.21 bits per heavy atom. The molecule has 0 amide bonds. The van der Waals surface area contributed by atoms with Crippen molar-refractivity contribution in [1.82, 2.24) is 15.0 Å². The highest BCUT2D eigenvalue weighted by atomic mass is 32.1. The average Bonchev–Trinajstić information content (AvgIpc) is 3.04. The number of nitrogens with one attached hydrogen (secondary N) is 2. The van der Waals surface area contributed by atoms with Crippen molar-refractivity contribution in [2.45, 2.75) is 26.3 Å². The summed E-state index contributed by atoms with van der Waals surface area (Å²) < 4.78 is 0. The van der Waals surface area contributed by atoms with Gasteiger partial charge in [-0.25, -0.2) is 9.97 Å². The third kappa shape index (κ3) is 2.61. The van der Waals surface area contributed by atoms with E-state index in [0.29, 0.717) is 5.92 Å². The lowest BCUT2D eigenvalue weighted by atomic mass is 10.2. The Bertz CT molecular complexity index is 683. The van der Waals surface area contributed by atoms with Gasteiger partial charge in [0.25, 0.3) is 0 Å². The van der Waals surface area contributed by atoms with Gasteiger partial charge in [-0.3, -0.25) is 0 Å². The fourth-order valence-electron chi connectivity index (χ4n) is 1.90. The average molecular weight is 272 g/mol. The predicted octanol–water partition coefficient (Wildman–Crippen LogP) is 3.75. The monoisotopic (exact) mass is 272 g/mol. The largest absolute Gasteiger partial charge is 0.378 e. The lowest BCUT2D eigenvalue weighted by molar-refractivity contribution is 0.885. The Hall–Kier alpha value is -1.88. The molecule has 2 heterocycles. The van der Waals surface area contributed by atoms with Crippen LogP contribution in [0, 0.1) is 0 Å². The van der Waals surface area contributed by atoms with Crippen LogP contribution in [-0.2, 0) is 6.54 Å². The van der Waals surface area contributed by atoms with E-state index in [1.165, 1.54) is 4.88 Å². The second kappa shape index (κ2) is 5.01. The molecule has 0 saturated heterocycles. The molecule has 0 radical (unpaired) electrons. The molecule has 0 fully saturated rings. The quantitative estimate of drug-likeness (QED) is 0.760. The molecule has 1 aromatic carbocycles. The third-order valence-corrected chi connectivity index (χ3v) is 4.30. The zero-order chi connectivity index (χ0) is 13.2. The topological polar surface area (TPSA) is 53.6 Å². The van der Waals surface area contributed by atoms with Crippen molar-refractivity contribution in [1.29, 1.82) is 0 Å². The van der Waals surface area contributed by atoms with Crippen LogP contribution in [0.1, 0.15) is 29.7 Å². The molecule has 0 aliphatic carbocycles. The molecule has 0 aliphatic rings. The molecule has 2 aromatic heterocycles. The maximum Gasteiger partial charge on any atom is 0.112 e. The Morgan fingerprint density at radius 1 is 1.32 bits per heavy atom. The van der Waals surface area contributed by atoms with Crippen LogP contribution in [0.3, 0.4) is 0 Å². The minimum atomic E-state index is 0.549. The lowest BCUT2D eigenvalue weighted by Crippen LogP contribution is -1.98. The summed E-state index contributed by atoms with van der Waals surface area (Å²) in [4.78, 5) is 13.1. The van der Waals surface area contributed by atoms with Gasteiger partial charge in [0.1, 0.15) is 5.01 Å². The first-order valence-electron chi connectivity index (χ1n) is 6.34. The van der Waals surface area contributed by atoms with E-state index in [2.05, 4.69) is 40.2 Å². The number of hydrogen-bond donors (Lipinski definition) is 2. The Morgan fingerprint density at radius 3 is 3.00 bits per heavy atom. The summed E-state index contributed by atoms with van der Waals surface area (Å²) in [6.45, 7) is 5.14. The van der Waals surface area contributed by atoms with Crippen molar-refractivity contribution in [3.63, 3.8) is 0 Å². The molecule has 4 nitrogen and oxygen atoms in total. The first-order chi connectivity index (χ1) is 9.22. The minimum absolute atomic E-state index is 0.549. The van der Waals surface area contributed by atoms with Gasteiger partial charge in [0.05, 0.1) is 23.9 Å². The number of benzene rings is 1. The van der Waals surface area contributed by atoms with Crippen LogP contribution in [0.15, 0.2) is 30.7 Å². The SMILES string of the molecule is CC(C)c1cnc(CNc2ccc3nc[nH]c3c2)s1. The van der Waals surface area contributed by atoms with E-state index in [4.69, 9.17) is 0 Å². The Balaban J connectivity index is 1.70. The van der Waals surface area contributed by atoms with Crippen molar-refractivity contribution in [3.8, 4) is 0 Å². The molecule has 0 unspecified atom stereocenters. The van der Waals surface area contributed by atoms with E-state index in [1.807, 2.05) is 18.3 Å². The van der Waals surface area contributed by atoms with Gasteiger partial charge in [-0.1, -0.05) is 13.8 Å². The minimum Gasteiger partial charge on any atom is -0.378 e. The van der Waals surface area contributed by atoms with Crippen LogP contribution >= 0.6 is 11.3 Å². The Kier molecular flexibility index (Phi) is 3.21. The fraction of sp³-hybridized carbons (Fsp3) is 0.286. The first kappa shape index (κ1) is 12.2. The molecule has 5 heteroatoms. The van der Waals surface area contributed by atoms with Gasteiger partial charge >= 0.3 is 0 Å². The second-order valence-corrected chi connectivity index (χ2v) is 5.95. The van der Waals surface area contributed by atoms with Crippen molar-refractivity contribution < 1.29 is 0 Å². The second-order valence-electron chi connectivity index (χ2n) is 4.80. The zero-order valence-corrected chi connectivity index (χ0v) is 11.8. The molecule has 0 bridgehead atoms. The number of anilines is 1. The molecule has 19 heavy (non-hydrogen) atoms. The molecule has 3 aromatic rings. The van der Waals surface area contributed by atoms with Gasteiger partial charge < -0.3 is 10.3 Å². The number of aromatic nitrogens is 3. The van der Waals surface area contributed by atoms with E-state index in [9.17, 15) is 0 Å². The number of thiazole rings is 1. The highest BCUT2D eigenvalue weighted by molar-refractivity contribution is 7.11. The van der Waals surface area contributed by atoms with Crippen molar-refractivity contribution in [2.24, 2.45) is 0 Å². The summed E-state index contributed by atoms with van der Waals surface area (Å²) >= 11 is 1.77. The van der Waals surface area contributed by atoms with E-state index < -0.39 is 0 Å². The molecule has 3 rings (SSSR count). The number of fused-ring (bicyclic) bond motifs is 1. The van der Waals surface area contributed by atoms with Crippen LogP contribution in [-0.4, -0.2) is 15.0 Å². The van der Waals surface area contributed by atoms with Crippen molar-refractivity contribution >= 4 is 28.1 Å². The number of H-pyrrole nitrogens is 1. The molecular weight excluding hydrogens is 256 g/mol. The van der Waals surface area contributed by atoms with Gasteiger partial charge in [-0.15, -0.1) is 11.3 Å². The molecule has 0 aliphatic heterocycles. The van der Waals surface area contributed by atoms with E-state index in [1.54, 1.807) is 17.7 Å². The number of nitrogens with zero attached hydrogens (tertiary/aromatic N) is 2. The van der Waals surface area contributed by atoms with Crippen LogP contribution in [0.2, 0.25) is 0 Å². The Labute approximate surface area is 115 Å². The van der Waals surface area contributed by atoms with E-state index in [-0.39, 0.29) is 0 Å². The third-order valence-electron chi connectivity index (χ3n) is 3.00. The summed E-state index contributed by atoms with van der Waals surface area (Å²) in [6, 6.07) is 6.12. The summed E-state index contributed by atoms with van der Waals surface area (Å²) in [5.74, 6) is 0.549. The summed E-state index contributed by atoms with van der Waals surface area (Å²) in [7, 11) is 0. The first-order valence-corrected chi connectivity index (χ1v) is 7.15. The van der Waals surface area contributed by atoms with Crippen molar-refractivity contribution in [2.75, 3.05) is 5.32 Å². The smallest absolute Gasteiger partial charge is 0.112 e. The maximum atomic E-state index is 4.44. The summed E-state index contributed by atoms with van der Waals surface area (Å²) in [5, 5.41) is 4.51. The number of hydrogen-bond acceptors (Lipinski definition) is 4. The van der Waals surface area contributed by atoms with Gasteiger partial charge in [-0.2, -0.15) is 0 Å². The fourth-order valence-corrected chi connectivity index (χ4v) is 2.76. The normalized spacial score (nSPS) is 11.3. The maximum absolute atomic E-state index is 4.44. The molecule has 2 N–H and O–H groups in total. The van der Waals surface area contributed by atoms with Gasteiger partial charge in [-0.05, 0) is 24.1 Å². The van der Waals surface area contributed by atoms with Gasteiger partial charge in [0, 0.05) is 16.8 Å². The molecule has 0 saturated carbocycles. The zero-order valence-electron chi connectivity index (χ0n) is 11.0. The van der Waals surface area contributed by atoms with Crippen LogP contribution in [0.25, 0.3) is 11.0 Å². The van der Waals surface area contributed by atoms with Crippen LogP contribution in [0.4, 0.5) is 5.69 Å². The van der Waals surface area contributed by atoms with E-state index in [0.717, 1.165) is 28.3 Å². The molecular formula is C14H16N4S. The highest BCUT2D eigenvalue weighted by Crippen LogP contribution is 2.23. The summed E-state index contributed by atoms with van der Waals surface area (Å²) in [6.07, 6.45) is 3.69. The van der Waals surface area contributed by atoms with E-state index >= 15 is 0 Å². The van der Waals surface area contributed by atoms with Crippen LogP contribution < -0.4 is 5.32 Å². The molecule has 0 atom stereocenters. The highest BCUT2D eigenvalue weighted by Gasteiger charge is 2.05. The van der Waals surface area contributed by atoms with Gasteiger partial charge in [0.15, 0.2) is 0 Å².